The fraction of sp³-hybridized carbons (Fsp3) is 0.250. The average Bonchev–Trinajstić information content (AvgIpc) is 2.48. The van der Waals surface area contributed by atoms with Crippen LogP contribution in [0.5, 0.6) is 5.75 Å². The number of nitrogens with one attached hydrogen (secondary N) is 1. The molecule has 0 saturated heterocycles. The topological polar surface area (TPSA) is 21.3 Å². The fourth-order valence-electron chi connectivity index (χ4n) is 2.07. The van der Waals surface area contributed by atoms with Gasteiger partial charge in [0.2, 0.25) is 0 Å². The molecule has 21 heavy (non-hydrogen) atoms. The largest absolute Gasteiger partial charge is 0.496 e. The highest BCUT2D eigenvalue weighted by atomic mass is 79.9. The quantitative estimate of drug-likeness (QED) is 0.788. The van der Waals surface area contributed by atoms with E-state index in [9.17, 15) is 4.39 Å². The summed E-state index contributed by atoms with van der Waals surface area (Å²) in [5.74, 6) is 0.399. The van der Waals surface area contributed by atoms with Crippen LogP contribution in [-0.4, -0.2) is 7.11 Å². The number of benzene rings is 2. The maximum absolute atomic E-state index is 13.4. The van der Waals surface area contributed by atoms with E-state index >= 15 is 0 Å². The van der Waals surface area contributed by atoms with E-state index in [1.165, 1.54) is 12.1 Å². The van der Waals surface area contributed by atoms with Gasteiger partial charge >= 0.3 is 0 Å². The average molecular weight is 373 g/mol. The number of hydrogen-bond donors (Lipinski definition) is 1. The molecule has 2 aromatic rings. The fourth-order valence-corrected chi connectivity index (χ4v) is 2.52. The predicted octanol–water partition coefficient (Wildman–Crippen LogP) is 5.10. The number of ether oxygens (including phenoxy) is 1. The normalized spacial score (nSPS) is 12.2. The van der Waals surface area contributed by atoms with Gasteiger partial charge in [-0.3, -0.25) is 0 Å². The van der Waals surface area contributed by atoms with E-state index in [2.05, 4.69) is 21.2 Å². The zero-order valence-corrected chi connectivity index (χ0v) is 14.1. The van der Waals surface area contributed by atoms with Crippen molar-refractivity contribution in [3.05, 3.63) is 62.8 Å². The number of halogens is 3. The van der Waals surface area contributed by atoms with Crippen molar-refractivity contribution in [1.29, 1.82) is 0 Å². The molecule has 0 aliphatic rings. The SMILES string of the molecule is COc1ccc(F)cc1C(C)NCc1ccc(Br)c(Cl)c1. The van der Waals surface area contributed by atoms with Crippen molar-refractivity contribution in [3.63, 3.8) is 0 Å². The van der Waals surface area contributed by atoms with E-state index < -0.39 is 0 Å². The Morgan fingerprint density at radius 3 is 2.71 bits per heavy atom. The molecule has 0 spiro atoms. The summed E-state index contributed by atoms with van der Waals surface area (Å²) in [6.45, 7) is 2.60. The molecule has 5 heteroatoms. The summed E-state index contributed by atoms with van der Waals surface area (Å²) in [4.78, 5) is 0. The van der Waals surface area contributed by atoms with Crippen LogP contribution in [0.1, 0.15) is 24.1 Å². The summed E-state index contributed by atoms with van der Waals surface area (Å²) in [5.41, 5.74) is 1.85. The third-order valence-corrected chi connectivity index (χ3v) is 4.49. The van der Waals surface area contributed by atoms with Gasteiger partial charge < -0.3 is 10.1 Å². The van der Waals surface area contributed by atoms with E-state index in [-0.39, 0.29) is 11.9 Å². The minimum atomic E-state index is -0.272. The van der Waals surface area contributed by atoms with E-state index in [1.807, 2.05) is 25.1 Å². The minimum Gasteiger partial charge on any atom is -0.496 e. The lowest BCUT2D eigenvalue weighted by Crippen LogP contribution is -2.19. The van der Waals surface area contributed by atoms with E-state index in [0.717, 1.165) is 15.6 Å². The van der Waals surface area contributed by atoms with Gasteiger partial charge in [0.1, 0.15) is 11.6 Å². The van der Waals surface area contributed by atoms with Crippen molar-refractivity contribution < 1.29 is 9.13 Å². The monoisotopic (exact) mass is 371 g/mol. The zero-order chi connectivity index (χ0) is 15.4. The molecule has 0 radical (unpaired) electrons. The first-order valence-corrected chi connectivity index (χ1v) is 7.69. The summed E-state index contributed by atoms with van der Waals surface area (Å²) >= 11 is 9.43. The van der Waals surface area contributed by atoms with Gasteiger partial charge in [-0.25, -0.2) is 4.39 Å². The Bertz CT molecular complexity index is 636. The van der Waals surface area contributed by atoms with E-state index in [1.54, 1.807) is 13.2 Å². The summed E-state index contributed by atoms with van der Waals surface area (Å²) in [6, 6.07) is 10.3. The Kier molecular flexibility index (Phi) is 5.62. The molecule has 0 fully saturated rings. The lowest BCUT2D eigenvalue weighted by molar-refractivity contribution is 0.399. The maximum atomic E-state index is 13.4. The molecule has 0 aliphatic carbocycles. The molecule has 2 nitrogen and oxygen atoms in total. The molecule has 0 aliphatic heterocycles. The summed E-state index contributed by atoms with van der Waals surface area (Å²) in [6.07, 6.45) is 0. The highest BCUT2D eigenvalue weighted by Crippen LogP contribution is 2.27. The molecule has 0 amide bonds. The van der Waals surface area contributed by atoms with Gasteiger partial charge in [-0.2, -0.15) is 0 Å². The van der Waals surface area contributed by atoms with Crippen LogP contribution in [0.3, 0.4) is 0 Å². The molecule has 1 N–H and O–H groups in total. The highest BCUT2D eigenvalue weighted by molar-refractivity contribution is 9.10. The molecule has 0 aromatic heterocycles. The third-order valence-electron chi connectivity index (χ3n) is 3.25. The Hall–Kier alpha value is -1.10. The van der Waals surface area contributed by atoms with Crippen LogP contribution < -0.4 is 10.1 Å². The molecule has 1 unspecified atom stereocenters. The van der Waals surface area contributed by atoms with Gasteiger partial charge in [-0.1, -0.05) is 17.7 Å². The molecule has 0 heterocycles. The predicted molar refractivity (Wildman–Crippen MR) is 87.4 cm³/mol. The van der Waals surface area contributed by atoms with Gasteiger partial charge in [0.25, 0.3) is 0 Å². The van der Waals surface area contributed by atoms with Crippen molar-refractivity contribution in [2.45, 2.75) is 19.5 Å². The molecule has 0 bridgehead atoms. The molecule has 0 saturated carbocycles. The van der Waals surface area contributed by atoms with Crippen molar-refractivity contribution in [1.82, 2.24) is 5.32 Å². The van der Waals surface area contributed by atoms with Crippen LogP contribution in [0.25, 0.3) is 0 Å². The third kappa shape index (κ3) is 4.19. The second kappa shape index (κ2) is 7.25. The van der Waals surface area contributed by atoms with Crippen LogP contribution in [0.15, 0.2) is 40.9 Å². The van der Waals surface area contributed by atoms with Crippen molar-refractivity contribution in [2.24, 2.45) is 0 Å². The molecular formula is C16H16BrClFNO. The van der Waals surface area contributed by atoms with Gasteiger partial charge in [-0.05, 0) is 58.7 Å². The second-order valence-electron chi connectivity index (χ2n) is 4.74. The number of hydrogen-bond acceptors (Lipinski definition) is 2. The smallest absolute Gasteiger partial charge is 0.123 e. The maximum Gasteiger partial charge on any atom is 0.123 e. The molecule has 2 rings (SSSR count). The Morgan fingerprint density at radius 1 is 1.29 bits per heavy atom. The van der Waals surface area contributed by atoms with Crippen LogP contribution in [-0.2, 0) is 6.54 Å². The molecule has 1 atom stereocenters. The van der Waals surface area contributed by atoms with Gasteiger partial charge in [-0.15, -0.1) is 0 Å². The van der Waals surface area contributed by atoms with Crippen LogP contribution >= 0.6 is 27.5 Å². The summed E-state index contributed by atoms with van der Waals surface area (Å²) in [5, 5.41) is 4.01. The Balaban J connectivity index is 2.09. The zero-order valence-electron chi connectivity index (χ0n) is 11.8. The van der Waals surface area contributed by atoms with Gasteiger partial charge in [0.05, 0.1) is 12.1 Å². The Labute approximate surface area is 137 Å². The van der Waals surface area contributed by atoms with Gasteiger partial charge in [0, 0.05) is 22.6 Å². The second-order valence-corrected chi connectivity index (χ2v) is 6.00. The van der Waals surface area contributed by atoms with E-state index in [4.69, 9.17) is 16.3 Å². The van der Waals surface area contributed by atoms with Crippen molar-refractivity contribution in [3.8, 4) is 5.75 Å². The van der Waals surface area contributed by atoms with Crippen LogP contribution in [0.4, 0.5) is 4.39 Å². The van der Waals surface area contributed by atoms with Crippen LogP contribution in [0, 0.1) is 5.82 Å². The molecular weight excluding hydrogens is 357 g/mol. The standard InChI is InChI=1S/C16H16BrClFNO/c1-10(13-8-12(19)4-6-16(13)21-2)20-9-11-3-5-14(17)15(18)7-11/h3-8,10,20H,9H2,1-2H3. The Morgan fingerprint density at radius 2 is 2.05 bits per heavy atom. The number of methoxy groups -OCH3 is 1. The first-order valence-electron chi connectivity index (χ1n) is 6.52. The van der Waals surface area contributed by atoms with E-state index in [0.29, 0.717) is 17.3 Å². The lowest BCUT2D eigenvalue weighted by Gasteiger charge is -2.17. The number of rotatable bonds is 5. The minimum absolute atomic E-state index is 0.0435. The summed E-state index contributed by atoms with van der Waals surface area (Å²) < 4.78 is 19.5. The lowest BCUT2D eigenvalue weighted by atomic mass is 10.1. The first kappa shape index (κ1) is 16.3. The van der Waals surface area contributed by atoms with Crippen molar-refractivity contribution in [2.75, 3.05) is 7.11 Å². The summed E-state index contributed by atoms with van der Waals surface area (Å²) in [7, 11) is 1.58. The first-order chi connectivity index (χ1) is 10.0. The van der Waals surface area contributed by atoms with Crippen molar-refractivity contribution >= 4 is 27.5 Å². The van der Waals surface area contributed by atoms with Crippen LogP contribution in [0.2, 0.25) is 5.02 Å². The molecule has 2 aromatic carbocycles. The highest BCUT2D eigenvalue weighted by Gasteiger charge is 2.12. The van der Waals surface area contributed by atoms with Gasteiger partial charge in [0.15, 0.2) is 0 Å². The molecule has 112 valence electrons.